The highest BCUT2D eigenvalue weighted by atomic mass is 16.5. The molecule has 2 saturated heterocycles. The van der Waals surface area contributed by atoms with Crippen molar-refractivity contribution in [1.82, 2.24) is 15.2 Å². The van der Waals surface area contributed by atoms with E-state index in [9.17, 15) is 4.79 Å². The van der Waals surface area contributed by atoms with E-state index >= 15 is 0 Å². The number of carbonyl (C=O) groups is 1. The fourth-order valence-electron chi connectivity index (χ4n) is 6.81. The molecule has 2 aliphatic carbocycles. The highest BCUT2D eigenvalue weighted by molar-refractivity contribution is 5.92. The van der Waals surface area contributed by atoms with Crippen molar-refractivity contribution >= 4 is 5.91 Å². The Hall–Kier alpha value is -2.44. The summed E-state index contributed by atoms with van der Waals surface area (Å²) in [6.07, 6.45) is 13.9. The zero-order valence-corrected chi connectivity index (χ0v) is 21.3. The standard InChI is InChI=1S/C30H39N3O3/c34-29(28-10-9-26(18-31-28)36-20-27-4-3-15-35-27)32-25-8-7-23-16-22(5-6-24(23)17-25)19-33-14-13-30(21-33)11-1-2-12-30/h5-6,9-10,16,18,25,27H,1-4,7-8,11-15,17,19-21H2,(H,32,34)/t25-,27-/m0/s1. The van der Waals surface area contributed by atoms with E-state index in [2.05, 4.69) is 33.4 Å². The summed E-state index contributed by atoms with van der Waals surface area (Å²) in [5.41, 5.74) is 5.34. The molecule has 3 heterocycles. The van der Waals surface area contributed by atoms with Gasteiger partial charge in [0.1, 0.15) is 18.1 Å². The van der Waals surface area contributed by atoms with E-state index in [0.717, 1.165) is 45.3 Å². The Labute approximate surface area is 214 Å². The average Bonchev–Trinajstić information content (AvgIpc) is 3.67. The van der Waals surface area contributed by atoms with Crippen LogP contribution in [0.2, 0.25) is 0 Å². The minimum absolute atomic E-state index is 0.111. The second kappa shape index (κ2) is 10.5. The molecule has 2 aromatic rings. The summed E-state index contributed by atoms with van der Waals surface area (Å²) in [4.78, 5) is 19.8. The summed E-state index contributed by atoms with van der Waals surface area (Å²) in [5, 5.41) is 3.20. The number of likely N-dealkylation sites (tertiary alicyclic amines) is 1. The maximum Gasteiger partial charge on any atom is 0.270 e. The molecule has 1 aromatic carbocycles. The summed E-state index contributed by atoms with van der Waals surface area (Å²) in [6.45, 7) is 4.97. The predicted molar refractivity (Wildman–Crippen MR) is 139 cm³/mol. The number of aryl methyl sites for hydroxylation is 1. The van der Waals surface area contributed by atoms with Crippen LogP contribution in [0.4, 0.5) is 0 Å². The van der Waals surface area contributed by atoms with Gasteiger partial charge in [0.05, 0.1) is 12.3 Å². The smallest absolute Gasteiger partial charge is 0.270 e. The van der Waals surface area contributed by atoms with E-state index in [1.165, 1.54) is 61.9 Å². The molecule has 0 radical (unpaired) electrons. The molecule has 1 saturated carbocycles. The predicted octanol–water partition coefficient (Wildman–Crippen LogP) is 4.69. The van der Waals surface area contributed by atoms with Gasteiger partial charge in [-0.25, -0.2) is 4.98 Å². The van der Waals surface area contributed by atoms with Gasteiger partial charge in [-0.05, 0) is 92.1 Å². The summed E-state index contributed by atoms with van der Waals surface area (Å²) in [5.74, 6) is 0.567. The number of ether oxygens (including phenoxy) is 2. The number of amides is 1. The molecule has 2 aliphatic heterocycles. The van der Waals surface area contributed by atoms with Gasteiger partial charge >= 0.3 is 0 Å². The number of aromatic nitrogens is 1. The number of fused-ring (bicyclic) bond motifs is 1. The molecule has 192 valence electrons. The molecule has 36 heavy (non-hydrogen) atoms. The minimum Gasteiger partial charge on any atom is -0.489 e. The van der Waals surface area contributed by atoms with Crippen molar-refractivity contribution in [3.63, 3.8) is 0 Å². The number of carbonyl (C=O) groups excluding carboxylic acids is 1. The molecule has 0 unspecified atom stereocenters. The lowest BCUT2D eigenvalue weighted by atomic mass is 9.85. The number of nitrogens with one attached hydrogen (secondary N) is 1. The van der Waals surface area contributed by atoms with E-state index < -0.39 is 0 Å². The SMILES string of the molecule is O=C(N[C@H]1CCc2cc(CN3CCC4(CCCC4)C3)ccc2C1)c1ccc(OC[C@@H]2CCCO2)cn1. The lowest BCUT2D eigenvalue weighted by molar-refractivity contribution is 0.0678. The van der Waals surface area contributed by atoms with Crippen molar-refractivity contribution in [2.45, 2.75) is 82.9 Å². The molecule has 6 nitrogen and oxygen atoms in total. The number of nitrogens with zero attached hydrogens (tertiary/aromatic N) is 2. The number of hydrogen-bond donors (Lipinski definition) is 1. The van der Waals surface area contributed by atoms with Crippen molar-refractivity contribution in [1.29, 1.82) is 0 Å². The molecule has 0 bridgehead atoms. The molecule has 6 heteroatoms. The van der Waals surface area contributed by atoms with Crippen molar-refractivity contribution in [3.05, 3.63) is 58.9 Å². The topological polar surface area (TPSA) is 63.7 Å². The average molecular weight is 490 g/mol. The Kier molecular flexibility index (Phi) is 6.98. The second-order valence-electron chi connectivity index (χ2n) is 11.5. The lowest BCUT2D eigenvalue weighted by Gasteiger charge is -2.27. The first-order valence-corrected chi connectivity index (χ1v) is 14.0. The third-order valence-corrected chi connectivity index (χ3v) is 8.85. The Morgan fingerprint density at radius 3 is 2.83 bits per heavy atom. The van der Waals surface area contributed by atoms with Crippen LogP contribution in [0.5, 0.6) is 5.75 Å². The van der Waals surface area contributed by atoms with Crippen LogP contribution in [0.1, 0.15) is 78.5 Å². The van der Waals surface area contributed by atoms with E-state index in [4.69, 9.17) is 9.47 Å². The first-order chi connectivity index (χ1) is 17.6. The maximum absolute atomic E-state index is 12.8. The normalized spacial score (nSPS) is 25.2. The van der Waals surface area contributed by atoms with Crippen LogP contribution in [0.15, 0.2) is 36.5 Å². The maximum atomic E-state index is 12.8. The van der Waals surface area contributed by atoms with Crippen LogP contribution < -0.4 is 10.1 Å². The van der Waals surface area contributed by atoms with Gasteiger partial charge in [-0.1, -0.05) is 31.0 Å². The molecular weight excluding hydrogens is 450 g/mol. The zero-order chi connectivity index (χ0) is 24.4. The zero-order valence-electron chi connectivity index (χ0n) is 21.3. The Balaban J connectivity index is 0.995. The molecule has 6 rings (SSSR count). The third-order valence-electron chi connectivity index (χ3n) is 8.85. The quantitative estimate of drug-likeness (QED) is 0.611. The Bertz CT molecular complexity index is 1060. The summed E-state index contributed by atoms with van der Waals surface area (Å²) in [7, 11) is 0. The summed E-state index contributed by atoms with van der Waals surface area (Å²) < 4.78 is 11.4. The number of hydrogen-bond acceptors (Lipinski definition) is 5. The van der Waals surface area contributed by atoms with E-state index in [0.29, 0.717) is 23.5 Å². The Morgan fingerprint density at radius 2 is 2.03 bits per heavy atom. The van der Waals surface area contributed by atoms with Gasteiger partial charge in [0, 0.05) is 25.7 Å². The highest BCUT2D eigenvalue weighted by Gasteiger charge is 2.39. The number of rotatable bonds is 7. The number of benzene rings is 1. The fraction of sp³-hybridized carbons (Fsp3) is 0.600. The highest BCUT2D eigenvalue weighted by Crippen LogP contribution is 2.45. The lowest BCUT2D eigenvalue weighted by Crippen LogP contribution is -2.39. The van der Waals surface area contributed by atoms with Gasteiger partial charge in [0.15, 0.2) is 0 Å². The van der Waals surface area contributed by atoms with Gasteiger partial charge in [-0.15, -0.1) is 0 Å². The molecule has 4 aliphatic rings. The molecule has 1 amide bonds. The third kappa shape index (κ3) is 5.45. The van der Waals surface area contributed by atoms with Crippen molar-refractivity contribution in [2.24, 2.45) is 5.41 Å². The van der Waals surface area contributed by atoms with Gasteiger partial charge in [0.2, 0.25) is 0 Å². The molecule has 1 aromatic heterocycles. The van der Waals surface area contributed by atoms with E-state index in [1.807, 2.05) is 6.07 Å². The molecule has 1 N–H and O–H groups in total. The van der Waals surface area contributed by atoms with Gasteiger partial charge < -0.3 is 14.8 Å². The van der Waals surface area contributed by atoms with Crippen molar-refractivity contribution in [2.75, 3.05) is 26.3 Å². The largest absolute Gasteiger partial charge is 0.489 e. The van der Waals surface area contributed by atoms with Crippen LogP contribution >= 0.6 is 0 Å². The van der Waals surface area contributed by atoms with Crippen LogP contribution in [0, 0.1) is 5.41 Å². The first-order valence-electron chi connectivity index (χ1n) is 14.0. The molecule has 2 atom stereocenters. The first kappa shape index (κ1) is 23.9. The van der Waals surface area contributed by atoms with Crippen LogP contribution in [-0.4, -0.2) is 54.2 Å². The fourth-order valence-corrected chi connectivity index (χ4v) is 6.81. The minimum atomic E-state index is -0.111. The van der Waals surface area contributed by atoms with Gasteiger partial charge in [0.25, 0.3) is 5.91 Å². The second-order valence-corrected chi connectivity index (χ2v) is 11.5. The van der Waals surface area contributed by atoms with E-state index in [-0.39, 0.29) is 18.1 Å². The van der Waals surface area contributed by atoms with Crippen LogP contribution in [0.3, 0.4) is 0 Å². The van der Waals surface area contributed by atoms with Crippen LogP contribution in [0.25, 0.3) is 0 Å². The van der Waals surface area contributed by atoms with Crippen molar-refractivity contribution in [3.8, 4) is 5.75 Å². The molecule has 3 fully saturated rings. The summed E-state index contributed by atoms with van der Waals surface area (Å²) >= 11 is 0. The van der Waals surface area contributed by atoms with Gasteiger partial charge in [-0.2, -0.15) is 0 Å². The monoisotopic (exact) mass is 489 g/mol. The van der Waals surface area contributed by atoms with Gasteiger partial charge in [-0.3, -0.25) is 9.69 Å². The van der Waals surface area contributed by atoms with Crippen LogP contribution in [-0.2, 0) is 24.1 Å². The summed E-state index contributed by atoms with van der Waals surface area (Å²) in [6, 6.07) is 10.7. The van der Waals surface area contributed by atoms with E-state index in [1.54, 1.807) is 12.3 Å². The Morgan fingerprint density at radius 1 is 1.11 bits per heavy atom. The van der Waals surface area contributed by atoms with Crippen molar-refractivity contribution < 1.29 is 14.3 Å². The molecular formula is C30H39N3O3. The number of pyridine rings is 1. The molecule has 1 spiro atoms.